The van der Waals surface area contributed by atoms with E-state index in [1.165, 1.54) is 19.2 Å². The average molecular weight is 233 g/mol. The van der Waals surface area contributed by atoms with Gasteiger partial charge in [0, 0.05) is 18.5 Å². The number of aromatic nitrogens is 1. The van der Waals surface area contributed by atoms with E-state index in [2.05, 4.69) is 4.98 Å². The highest BCUT2D eigenvalue weighted by molar-refractivity contribution is 5.98. The Morgan fingerprint density at radius 3 is 2.53 bits per heavy atom. The molecule has 0 aliphatic heterocycles. The molecule has 0 aliphatic rings. The van der Waals surface area contributed by atoms with Gasteiger partial charge in [0.2, 0.25) is 0 Å². The fourth-order valence-electron chi connectivity index (χ4n) is 1.24. The first-order valence-corrected chi connectivity index (χ1v) is 4.77. The quantitative estimate of drug-likeness (QED) is 0.609. The summed E-state index contributed by atoms with van der Waals surface area (Å²) in [5.41, 5.74) is 0.706. The van der Waals surface area contributed by atoms with Gasteiger partial charge in [-0.25, -0.2) is 9.59 Å². The summed E-state index contributed by atoms with van der Waals surface area (Å²) in [6.45, 7) is 1.43. The molecule has 0 spiro atoms. The lowest BCUT2D eigenvalue weighted by Crippen LogP contribution is -2.03. The minimum Gasteiger partial charge on any atom is -0.478 e. The maximum absolute atomic E-state index is 11.0. The number of carboxylic acids is 2. The van der Waals surface area contributed by atoms with Crippen molar-refractivity contribution in [3.8, 4) is 0 Å². The number of hydrogen-bond donors (Lipinski definition) is 2. The Hall–Kier alpha value is -2.43. The van der Waals surface area contributed by atoms with Crippen LogP contribution in [-0.2, 0) is 9.59 Å². The van der Waals surface area contributed by atoms with Crippen molar-refractivity contribution in [1.82, 2.24) is 4.98 Å². The standard InChI is InChI=1S/C12H11NO4/c1-8(5-11(14)15)10(12(16)17)6-9-3-2-4-13-7-9/h2-7H,1H3,(H,14,15)(H,16,17). The first kappa shape index (κ1) is 12.6. The highest BCUT2D eigenvalue weighted by Crippen LogP contribution is 2.14. The van der Waals surface area contributed by atoms with E-state index in [9.17, 15) is 9.59 Å². The van der Waals surface area contributed by atoms with E-state index in [1.807, 2.05) is 0 Å². The Balaban J connectivity index is 3.15. The molecule has 0 aromatic carbocycles. The van der Waals surface area contributed by atoms with Gasteiger partial charge in [0.05, 0.1) is 5.57 Å². The minimum absolute atomic E-state index is 0.0691. The Labute approximate surface area is 97.7 Å². The highest BCUT2D eigenvalue weighted by atomic mass is 16.4. The summed E-state index contributed by atoms with van der Waals surface area (Å²) in [7, 11) is 0. The molecular formula is C12H11NO4. The fourth-order valence-corrected chi connectivity index (χ4v) is 1.24. The van der Waals surface area contributed by atoms with Crippen molar-refractivity contribution >= 4 is 18.0 Å². The Morgan fingerprint density at radius 1 is 1.35 bits per heavy atom. The molecule has 0 atom stereocenters. The summed E-state index contributed by atoms with van der Waals surface area (Å²) >= 11 is 0. The van der Waals surface area contributed by atoms with Gasteiger partial charge in [-0.2, -0.15) is 0 Å². The van der Waals surface area contributed by atoms with Crippen molar-refractivity contribution in [3.63, 3.8) is 0 Å². The van der Waals surface area contributed by atoms with Gasteiger partial charge in [0.1, 0.15) is 0 Å². The summed E-state index contributed by atoms with van der Waals surface area (Å²) in [4.78, 5) is 25.3. The van der Waals surface area contributed by atoms with Gasteiger partial charge in [-0.15, -0.1) is 0 Å². The van der Waals surface area contributed by atoms with E-state index < -0.39 is 11.9 Å². The second-order valence-electron chi connectivity index (χ2n) is 3.32. The predicted octanol–water partition coefficient (Wildman–Crippen LogP) is 1.58. The van der Waals surface area contributed by atoms with E-state index in [-0.39, 0.29) is 11.1 Å². The number of hydrogen-bond acceptors (Lipinski definition) is 3. The van der Waals surface area contributed by atoms with Crippen LogP contribution in [0.1, 0.15) is 12.5 Å². The fraction of sp³-hybridized carbons (Fsp3) is 0.0833. The molecule has 1 rings (SSSR count). The summed E-state index contributed by atoms with van der Waals surface area (Å²) < 4.78 is 0. The maximum Gasteiger partial charge on any atom is 0.335 e. The highest BCUT2D eigenvalue weighted by Gasteiger charge is 2.10. The third kappa shape index (κ3) is 3.90. The predicted molar refractivity (Wildman–Crippen MR) is 61.2 cm³/mol. The summed E-state index contributed by atoms with van der Waals surface area (Å²) in [5.74, 6) is -2.36. The molecule has 88 valence electrons. The van der Waals surface area contributed by atoms with Gasteiger partial charge >= 0.3 is 11.9 Å². The number of pyridine rings is 1. The number of carbonyl (C=O) groups is 2. The lowest BCUT2D eigenvalue weighted by Gasteiger charge is -2.01. The van der Waals surface area contributed by atoms with Crippen LogP contribution in [0.2, 0.25) is 0 Å². The van der Waals surface area contributed by atoms with Crippen LogP contribution in [0, 0.1) is 0 Å². The van der Waals surface area contributed by atoms with Crippen LogP contribution in [0.4, 0.5) is 0 Å². The molecule has 5 heteroatoms. The molecule has 1 aromatic heterocycles. The summed E-state index contributed by atoms with van der Waals surface area (Å²) in [5, 5.41) is 17.6. The Morgan fingerprint density at radius 2 is 2.06 bits per heavy atom. The molecule has 0 saturated heterocycles. The molecule has 0 fully saturated rings. The lowest BCUT2D eigenvalue weighted by molar-refractivity contribution is -0.132. The van der Waals surface area contributed by atoms with Crippen molar-refractivity contribution in [2.75, 3.05) is 0 Å². The van der Waals surface area contributed by atoms with Crippen LogP contribution in [0.25, 0.3) is 6.08 Å². The van der Waals surface area contributed by atoms with Crippen molar-refractivity contribution in [2.45, 2.75) is 6.92 Å². The monoisotopic (exact) mass is 233 g/mol. The molecule has 0 radical (unpaired) electrons. The molecule has 5 nitrogen and oxygen atoms in total. The van der Waals surface area contributed by atoms with Gasteiger partial charge in [-0.3, -0.25) is 4.98 Å². The van der Waals surface area contributed by atoms with Gasteiger partial charge in [0.25, 0.3) is 0 Å². The number of carboxylic acid groups (broad SMARTS) is 2. The molecule has 17 heavy (non-hydrogen) atoms. The van der Waals surface area contributed by atoms with E-state index in [4.69, 9.17) is 10.2 Å². The molecule has 0 aliphatic carbocycles. The van der Waals surface area contributed by atoms with E-state index in [0.29, 0.717) is 5.56 Å². The zero-order valence-electron chi connectivity index (χ0n) is 9.12. The Bertz CT molecular complexity index is 488. The molecule has 2 N–H and O–H groups in total. The number of rotatable bonds is 4. The van der Waals surface area contributed by atoms with Crippen molar-refractivity contribution in [2.24, 2.45) is 0 Å². The average Bonchev–Trinajstić information content (AvgIpc) is 2.25. The SMILES string of the molecule is CC(=CC(=O)O)C(=Cc1cccnc1)C(=O)O. The van der Waals surface area contributed by atoms with Crippen LogP contribution in [0.15, 0.2) is 41.7 Å². The largest absolute Gasteiger partial charge is 0.478 e. The lowest BCUT2D eigenvalue weighted by atomic mass is 10.0. The van der Waals surface area contributed by atoms with Crippen molar-refractivity contribution in [1.29, 1.82) is 0 Å². The van der Waals surface area contributed by atoms with E-state index in [1.54, 1.807) is 18.3 Å². The second-order valence-corrected chi connectivity index (χ2v) is 3.32. The molecule has 0 bridgehead atoms. The van der Waals surface area contributed by atoms with Crippen molar-refractivity contribution < 1.29 is 19.8 Å². The van der Waals surface area contributed by atoms with E-state index >= 15 is 0 Å². The smallest absolute Gasteiger partial charge is 0.335 e. The van der Waals surface area contributed by atoms with Gasteiger partial charge < -0.3 is 10.2 Å². The van der Waals surface area contributed by atoms with Crippen LogP contribution in [0.5, 0.6) is 0 Å². The molecule has 1 aromatic rings. The minimum atomic E-state index is -1.18. The van der Waals surface area contributed by atoms with Gasteiger partial charge in [0.15, 0.2) is 0 Å². The Kier molecular flexibility index (Phi) is 4.16. The molecule has 0 saturated carbocycles. The third-order valence-electron chi connectivity index (χ3n) is 1.99. The maximum atomic E-state index is 11.0. The third-order valence-corrected chi connectivity index (χ3v) is 1.99. The van der Waals surface area contributed by atoms with Crippen LogP contribution >= 0.6 is 0 Å². The molecule has 1 heterocycles. The van der Waals surface area contributed by atoms with Crippen molar-refractivity contribution in [3.05, 3.63) is 47.3 Å². The molecular weight excluding hydrogens is 222 g/mol. The van der Waals surface area contributed by atoms with Crippen LogP contribution in [-0.4, -0.2) is 27.1 Å². The number of aliphatic carboxylic acids is 2. The normalized spacial score (nSPS) is 12.3. The summed E-state index contributed by atoms with van der Waals surface area (Å²) in [6, 6.07) is 3.35. The van der Waals surface area contributed by atoms with Gasteiger partial charge in [-0.05, 0) is 30.2 Å². The van der Waals surface area contributed by atoms with Gasteiger partial charge in [-0.1, -0.05) is 6.07 Å². The molecule has 0 unspecified atom stereocenters. The zero-order valence-corrected chi connectivity index (χ0v) is 9.12. The first-order chi connectivity index (χ1) is 8.00. The van der Waals surface area contributed by atoms with Crippen LogP contribution in [0.3, 0.4) is 0 Å². The summed E-state index contributed by atoms with van der Waals surface area (Å²) in [6.07, 6.45) is 5.30. The van der Waals surface area contributed by atoms with E-state index in [0.717, 1.165) is 6.08 Å². The second kappa shape index (κ2) is 5.60. The zero-order chi connectivity index (χ0) is 12.8. The first-order valence-electron chi connectivity index (χ1n) is 4.77. The number of nitrogens with zero attached hydrogens (tertiary/aromatic N) is 1. The topological polar surface area (TPSA) is 87.5 Å². The van der Waals surface area contributed by atoms with Crippen LogP contribution < -0.4 is 0 Å². The molecule has 0 amide bonds.